The van der Waals surface area contributed by atoms with Gasteiger partial charge in [-0.05, 0) is 43.5 Å². The van der Waals surface area contributed by atoms with Crippen LogP contribution in [-0.4, -0.2) is 12.1 Å². The van der Waals surface area contributed by atoms with E-state index in [4.69, 9.17) is 4.74 Å². The van der Waals surface area contributed by atoms with E-state index in [2.05, 4.69) is 15.9 Å². The minimum Gasteiger partial charge on any atom is -0.459 e. The molecule has 2 nitrogen and oxygen atoms in total. The van der Waals surface area contributed by atoms with E-state index in [1.807, 2.05) is 37.3 Å². The van der Waals surface area contributed by atoms with Crippen LogP contribution in [0.3, 0.4) is 0 Å². The van der Waals surface area contributed by atoms with Gasteiger partial charge < -0.3 is 4.74 Å². The first-order valence-electron chi connectivity index (χ1n) is 5.32. The Morgan fingerprint density at radius 3 is 2.69 bits per heavy atom. The highest BCUT2D eigenvalue weighted by atomic mass is 79.9. The highest BCUT2D eigenvalue weighted by Crippen LogP contribution is 2.22. The minimum atomic E-state index is -0.179. The van der Waals surface area contributed by atoms with Crippen LogP contribution >= 0.6 is 15.9 Å². The molecule has 0 saturated carbocycles. The topological polar surface area (TPSA) is 26.3 Å². The summed E-state index contributed by atoms with van der Waals surface area (Å²) in [6.07, 6.45) is 3.67. The fourth-order valence-corrected chi connectivity index (χ4v) is 1.93. The van der Waals surface area contributed by atoms with E-state index in [9.17, 15) is 4.79 Å². The summed E-state index contributed by atoms with van der Waals surface area (Å²) in [5.41, 5.74) is 1.80. The predicted octanol–water partition coefficient (Wildman–Crippen LogP) is 3.56. The molecule has 2 rings (SSSR count). The van der Waals surface area contributed by atoms with Crippen molar-refractivity contribution in [1.29, 1.82) is 0 Å². The second kappa shape index (κ2) is 4.83. The molecule has 0 amide bonds. The molecule has 1 aliphatic rings. The van der Waals surface area contributed by atoms with E-state index in [0.717, 1.165) is 28.5 Å². The Balaban J connectivity index is 2.18. The van der Waals surface area contributed by atoms with Crippen molar-refractivity contribution < 1.29 is 9.53 Å². The van der Waals surface area contributed by atoms with Crippen LogP contribution in [0.25, 0.3) is 6.08 Å². The number of rotatable bonds is 1. The molecule has 1 heterocycles. The largest absolute Gasteiger partial charge is 0.459 e. The van der Waals surface area contributed by atoms with Crippen LogP contribution in [0.2, 0.25) is 0 Å². The van der Waals surface area contributed by atoms with Crippen LogP contribution in [0.5, 0.6) is 0 Å². The summed E-state index contributed by atoms with van der Waals surface area (Å²) in [6.45, 7) is 1.92. The first-order chi connectivity index (χ1) is 7.65. The average molecular weight is 281 g/mol. The second-order valence-corrected chi connectivity index (χ2v) is 4.89. The van der Waals surface area contributed by atoms with Crippen molar-refractivity contribution in [2.45, 2.75) is 25.9 Å². The third-order valence-corrected chi connectivity index (χ3v) is 3.13. The van der Waals surface area contributed by atoms with Gasteiger partial charge in [-0.2, -0.15) is 0 Å². The number of carbonyl (C=O) groups excluding carboxylic acids is 1. The summed E-state index contributed by atoms with van der Waals surface area (Å²) in [6, 6.07) is 7.87. The molecular weight excluding hydrogens is 268 g/mol. The summed E-state index contributed by atoms with van der Waals surface area (Å²) in [5.74, 6) is -0.179. The SMILES string of the molecule is CC1CC/C(=C\c2ccc(Br)cc2)C(=O)O1. The number of carbonyl (C=O) groups is 1. The summed E-state index contributed by atoms with van der Waals surface area (Å²) in [5, 5.41) is 0. The molecule has 1 aromatic rings. The van der Waals surface area contributed by atoms with Gasteiger partial charge in [0.15, 0.2) is 0 Å². The molecule has 1 fully saturated rings. The van der Waals surface area contributed by atoms with Crippen LogP contribution in [0.4, 0.5) is 0 Å². The lowest BCUT2D eigenvalue weighted by Gasteiger charge is -2.20. The van der Waals surface area contributed by atoms with Crippen molar-refractivity contribution in [2.24, 2.45) is 0 Å². The normalized spacial score (nSPS) is 23.2. The van der Waals surface area contributed by atoms with Gasteiger partial charge in [0.2, 0.25) is 0 Å². The zero-order valence-electron chi connectivity index (χ0n) is 9.07. The Kier molecular flexibility index (Phi) is 3.44. The second-order valence-electron chi connectivity index (χ2n) is 3.98. The highest BCUT2D eigenvalue weighted by Gasteiger charge is 2.21. The zero-order valence-corrected chi connectivity index (χ0v) is 10.7. The lowest BCUT2D eigenvalue weighted by atomic mass is 10.0. The number of cyclic esters (lactones) is 1. The molecule has 1 aliphatic heterocycles. The molecule has 16 heavy (non-hydrogen) atoms. The Morgan fingerprint density at radius 1 is 1.38 bits per heavy atom. The van der Waals surface area contributed by atoms with Gasteiger partial charge in [-0.25, -0.2) is 4.79 Å². The molecule has 84 valence electrons. The molecule has 1 aromatic carbocycles. The molecule has 1 atom stereocenters. The summed E-state index contributed by atoms with van der Waals surface area (Å²) >= 11 is 3.38. The predicted molar refractivity (Wildman–Crippen MR) is 66.9 cm³/mol. The van der Waals surface area contributed by atoms with E-state index >= 15 is 0 Å². The van der Waals surface area contributed by atoms with Gasteiger partial charge in [-0.1, -0.05) is 28.1 Å². The molecule has 1 unspecified atom stereocenters. The van der Waals surface area contributed by atoms with E-state index in [0.29, 0.717) is 0 Å². The number of esters is 1. The van der Waals surface area contributed by atoms with Crippen LogP contribution in [0.15, 0.2) is 34.3 Å². The third-order valence-electron chi connectivity index (χ3n) is 2.60. The third kappa shape index (κ3) is 2.73. The van der Waals surface area contributed by atoms with E-state index in [1.54, 1.807) is 0 Å². The molecule has 0 N–H and O–H groups in total. The fourth-order valence-electron chi connectivity index (χ4n) is 1.67. The van der Waals surface area contributed by atoms with E-state index in [-0.39, 0.29) is 12.1 Å². The van der Waals surface area contributed by atoms with Crippen molar-refractivity contribution >= 4 is 28.0 Å². The summed E-state index contributed by atoms with van der Waals surface area (Å²) < 4.78 is 6.21. The lowest BCUT2D eigenvalue weighted by molar-refractivity contribution is -0.146. The molecule has 1 saturated heterocycles. The monoisotopic (exact) mass is 280 g/mol. The van der Waals surface area contributed by atoms with Crippen molar-refractivity contribution in [3.8, 4) is 0 Å². The fraction of sp³-hybridized carbons (Fsp3) is 0.308. The number of ether oxygens (including phenoxy) is 1. The summed E-state index contributed by atoms with van der Waals surface area (Å²) in [7, 11) is 0. The maximum absolute atomic E-state index is 11.6. The molecule has 0 aliphatic carbocycles. The van der Waals surface area contributed by atoms with Gasteiger partial charge >= 0.3 is 5.97 Å². The first-order valence-corrected chi connectivity index (χ1v) is 6.11. The Labute approximate surface area is 103 Å². The Hall–Kier alpha value is -1.09. The number of hydrogen-bond acceptors (Lipinski definition) is 2. The van der Waals surface area contributed by atoms with E-state index in [1.165, 1.54) is 0 Å². The molecule has 0 radical (unpaired) electrons. The van der Waals surface area contributed by atoms with Crippen molar-refractivity contribution in [2.75, 3.05) is 0 Å². The highest BCUT2D eigenvalue weighted by molar-refractivity contribution is 9.10. The zero-order chi connectivity index (χ0) is 11.5. The lowest BCUT2D eigenvalue weighted by Crippen LogP contribution is -2.22. The van der Waals surface area contributed by atoms with Crippen molar-refractivity contribution in [3.63, 3.8) is 0 Å². The molecule has 0 spiro atoms. The quantitative estimate of drug-likeness (QED) is 0.581. The van der Waals surface area contributed by atoms with Crippen molar-refractivity contribution in [1.82, 2.24) is 0 Å². The smallest absolute Gasteiger partial charge is 0.334 e. The van der Waals surface area contributed by atoms with Gasteiger partial charge in [0.25, 0.3) is 0 Å². The van der Waals surface area contributed by atoms with Crippen LogP contribution in [0.1, 0.15) is 25.3 Å². The van der Waals surface area contributed by atoms with Gasteiger partial charge in [0, 0.05) is 10.0 Å². The molecular formula is C13H13BrO2. The van der Waals surface area contributed by atoms with Gasteiger partial charge in [0.1, 0.15) is 0 Å². The number of halogens is 1. The first kappa shape index (κ1) is 11.4. The maximum Gasteiger partial charge on any atom is 0.334 e. The average Bonchev–Trinajstić information content (AvgIpc) is 2.25. The van der Waals surface area contributed by atoms with Crippen LogP contribution in [-0.2, 0) is 9.53 Å². The standard InChI is InChI=1S/C13H13BrO2/c1-9-2-5-11(13(15)16-9)8-10-3-6-12(14)7-4-10/h3-4,6-9H,2,5H2,1H3/b11-8+. The molecule has 0 aromatic heterocycles. The van der Waals surface area contributed by atoms with Gasteiger partial charge in [0.05, 0.1) is 6.10 Å². The maximum atomic E-state index is 11.6. The van der Waals surface area contributed by atoms with Gasteiger partial charge in [-0.3, -0.25) is 0 Å². The summed E-state index contributed by atoms with van der Waals surface area (Å²) in [4.78, 5) is 11.6. The minimum absolute atomic E-state index is 0.0505. The Bertz CT molecular complexity index is 420. The molecule has 3 heteroatoms. The Morgan fingerprint density at radius 2 is 2.06 bits per heavy atom. The van der Waals surface area contributed by atoms with Crippen LogP contribution in [0, 0.1) is 0 Å². The molecule has 0 bridgehead atoms. The van der Waals surface area contributed by atoms with Gasteiger partial charge in [-0.15, -0.1) is 0 Å². The van der Waals surface area contributed by atoms with E-state index < -0.39 is 0 Å². The van der Waals surface area contributed by atoms with Crippen molar-refractivity contribution in [3.05, 3.63) is 39.9 Å². The number of benzene rings is 1. The van der Waals surface area contributed by atoms with Crippen LogP contribution < -0.4 is 0 Å². The number of hydrogen-bond donors (Lipinski definition) is 0.